The number of aliphatic hydroxyl groups excluding tert-OH is 2. The minimum atomic E-state index is -4.44. The lowest BCUT2D eigenvalue weighted by Crippen LogP contribution is -2.50. The van der Waals surface area contributed by atoms with Crippen molar-refractivity contribution in [3.8, 4) is 0 Å². The number of nitrogens with one attached hydrogen (secondary N) is 1. The van der Waals surface area contributed by atoms with Gasteiger partial charge in [-0.25, -0.2) is 0 Å². The number of hydrogen-bond donors (Lipinski definition) is 4. The highest BCUT2D eigenvalue weighted by molar-refractivity contribution is 7.85. The van der Waals surface area contributed by atoms with E-state index in [1.165, 1.54) is 231 Å². The van der Waals surface area contributed by atoms with Gasteiger partial charge in [0.25, 0.3) is 10.1 Å². The summed E-state index contributed by atoms with van der Waals surface area (Å²) in [4.78, 5) is 12.7. The standard InChI is InChI=1S/C52H103NO6S/c1-3-5-7-9-11-13-15-17-19-21-23-25-27-29-31-33-35-37-39-41-43-45-47-51(55)52(56)53-49(48-60(57,58)59)50(54)46-44-42-40-38-36-34-32-30-28-26-24-22-20-18-16-14-12-10-8-6-4-2/h44,46,49-51,54-55H,3-43,45,47-48H2,1-2H3,(H,53,56)(H,57,58,59)/b46-44+. The fourth-order valence-corrected chi connectivity index (χ4v) is 9.25. The molecule has 358 valence electrons. The van der Waals surface area contributed by atoms with E-state index >= 15 is 0 Å². The largest absolute Gasteiger partial charge is 0.387 e. The van der Waals surface area contributed by atoms with Crippen LogP contribution in [0, 0.1) is 0 Å². The summed E-state index contributed by atoms with van der Waals surface area (Å²) in [5.74, 6) is -1.52. The highest BCUT2D eigenvalue weighted by atomic mass is 32.2. The van der Waals surface area contributed by atoms with Crippen LogP contribution in [0.5, 0.6) is 0 Å². The SMILES string of the molecule is CCCCCCCCCCCCCCCCCCCCC/C=C/C(O)C(CS(=O)(=O)O)NC(=O)C(O)CCCCCCCCCCCCCCCCCCCCCCCC. The Kier molecular flexibility index (Phi) is 45.3. The van der Waals surface area contributed by atoms with E-state index in [2.05, 4.69) is 19.2 Å². The smallest absolute Gasteiger partial charge is 0.267 e. The van der Waals surface area contributed by atoms with Crippen molar-refractivity contribution in [2.24, 2.45) is 0 Å². The Hall–Kier alpha value is -0.960. The molecule has 0 spiro atoms. The molecule has 0 saturated heterocycles. The molecule has 4 N–H and O–H groups in total. The van der Waals surface area contributed by atoms with Crippen LogP contribution in [0.15, 0.2) is 12.2 Å². The molecule has 0 aliphatic rings. The van der Waals surface area contributed by atoms with Gasteiger partial charge in [-0.2, -0.15) is 8.42 Å². The quantitative estimate of drug-likeness (QED) is 0.0274. The number of carbonyl (C=O) groups is 1. The third-order valence-corrected chi connectivity index (χ3v) is 13.4. The number of amides is 1. The number of allylic oxidation sites excluding steroid dienone is 1. The first kappa shape index (κ1) is 59.0. The Morgan fingerprint density at radius 1 is 0.450 bits per heavy atom. The molecule has 0 heterocycles. The van der Waals surface area contributed by atoms with Crippen molar-refractivity contribution in [1.82, 2.24) is 5.32 Å². The molecule has 3 unspecified atom stereocenters. The van der Waals surface area contributed by atoms with Gasteiger partial charge in [0.15, 0.2) is 0 Å². The summed E-state index contributed by atoms with van der Waals surface area (Å²) in [5, 5.41) is 23.6. The lowest BCUT2D eigenvalue weighted by atomic mass is 10.0. The van der Waals surface area contributed by atoms with Crippen molar-refractivity contribution in [2.45, 2.75) is 308 Å². The molecule has 7 nitrogen and oxygen atoms in total. The maximum atomic E-state index is 12.7. The molecule has 0 radical (unpaired) electrons. The summed E-state index contributed by atoms with van der Waals surface area (Å²) >= 11 is 0. The fourth-order valence-electron chi connectivity index (χ4n) is 8.52. The zero-order valence-corrected chi connectivity index (χ0v) is 40.8. The van der Waals surface area contributed by atoms with E-state index in [0.717, 1.165) is 38.5 Å². The van der Waals surface area contributed by atoms with Crippen LogP contribution in [0.4, 0.5) is 0 Å². The number of carbonyl (C=O) groups excluding carboxylic acids is 1. The minimum absolute atomic E-state index is 0.287. The van der Waals surface area contributed by atoms with Crippen molar-refractivity contribution >= 4 is 16.0 Å². The van der Waals surface area contributed by atoms with Crippen LogP contribution in [-0.2, 0) is 14.9 Å². The van der Waals surface area contributed by atoms with Gasteiger partial charge in [-0.1, -0.05) is 283 Å². The lowest BCUT2D eigenvalue weighted by molar-refractivity contribution is -0.130. The normalized spacial score (nSPS) is 13.6. The maximum Gasteiger partial charge on any atom is 0.267 e. The van der Waals surface area contributed by atoms with Crippen molar-refractivity contribution in [3.05, 3.63) is 12.2 Å². The average molecular weight is 870 g/mol. The maximum absolute atomic E-state index is 12.7. The van der Waals surface area contributed by atoms with Crippen molar-refractivity contribution in [1.29, 1.82) is 0 Å². The Morgan fingerprint density at radius 3 is 1.00 bits per heavy atom. The van der Waals surface area contributed by atoms with Gasteiger partial charge in [-0.15, -0.1) is 0 Å². The van der Waals surface area contributed by atoms with Gasteiger partial charge in [0, 0.05) is 0 Å². The first-order chi connectivity index (χ1) is 29.2. The number of aliphatic hydroxyl groups is 2. The molecule has 0 rings (SSSR count). The van der Waals surface area contributed by atoms with Crippen LogP contribution in [-0.4, -0.2) is 53.1 Å². The molecule has 0 aromatic heterocycles. The summed E-state index contributed by atoms with van der Waals surface area (Å²) < 4.78 is 32.7. The van der Waals surface area contributed by atoms with Crippen LogP contribution in [0.2, 0.25) is 0 Å². The second kappa shape index (κ2) is 46.0. The Bertz CT molecular complexity index is 1020. The molecule has 60 heavy (non-hydrogen) atoms. The molecule has 8 heteroatoms. The number of rotatable bonds is 49. The van der Waals surface area contributed by atoms with Gasteiger partial charge in [-0.05, 0) is 19.3 Å². The number of unbranched alkanes of at least 4 members (excludes halogenated alkanes) is 40. The van der Waals surface area contributed by atoms with Crippen LogP contribution >= 0.6 is 0 Å². The van der Waals surface area contributed by atoms with Crippen molar-refractivity contribution < 1.29 is 28.0 Å². The predicted octanol–water partition coefficient (Wildman–Crippen LogP) is 15.5. The fraction of sp³-hybridized carbons (Fsp3) is 0.942. The minimum Gasteiger partial charge on any atom is -0.387 e. The van der Waals surface area contributed by atoms with Crippen molar-refractivity contribution in [2.75, 3.05) is 5.75 Å². The van der Waals surface area contributed by atoms with Crippen LogP contribution in [0.1, 0.15) is 290 Å². The number of hydrogen-bond acceptors (Lipinski definition) is 5. The van der Waals surface area contributed by atoms with E-state index in [1.807, 2.05) is 6.08 Å². The summed E-state index contributed by atoms with van der Waals surface area (Å²) in [6.45, 7) is 4.56. The Labute approximate surface area is 374 Å². The van der Waals surface area contributed by atoms with E-state index in [0.29, 0.717) is 6.42 Å². The van der Waals surface area contributed by atoms with E-state index in [4.69, 9.17) is 0 Å². The first-order valence-corrected chi connectivity index (χ1v) is 28.1. The van der Waals surface area contributed by atoms with Crippen LogP contribution in [0.3, 0.4) is 0 Å². The van der Waals surface area contributed by atoms with E-state index in [-0.39, 0.29) is 6.42 Å². The van der Waals surface area contributed by atoms with Crippen molar-refractivity contribution in [3.63, 3.8) is 0 Å². The summed E-state index contributed by atoms with van der Waals surface area (Å²) in [6.07, 6.45) is 55.7. The lowest BCUT2D eigenvalue weighted by Gasteiger charge is -2.22. The first-order valence-electron chi connectivity index (χ1n) is 26.5. The van der Waals surface area contributed by atoms with Crippen LogP contribution in [0.25, 0.3) is 0 Å². The zero-order chi connectivity index (χ0) is 44.0. The molecule has 0 aromatic carbocycles. The second-order valence-corrected chi connectivity index (χ2v) is 20.2. The third-order valence-electron chi connectivity index (χ3n) is 12.6. The summed E-state index contributed by atoms with van der Waals surface area (Å²) in [6, 6.07) is -1.23. The zero-order valence-electron chi connectivity index (χ0n) is 40.0. The second-order valence-electron chi connectivity index (χ2n) is 18.7. The Balaban J connectivity index is 3.84. The molecule has 0 aliphatic heterocycles. The van der Waals surface area contributed by atoms with E-state index in [1.54, 1.807) is 0 Å². The third kappa shape index (κ3) is 45.1. The summed E-state index contributed by atoms with van der Waals surface area (Å²) in [5.41, 5.74) is 0. The monoisotopic (exact) mass is 870 g/mol. The molecule has 0 fully saturated rings. The van der Waals surface area contributed by atoms with Gasteiger partial charge < -0.3 is 15.5 Å². The topological polar surface area (TPSA) is 124 Å². The summed E-state index contributed by atoms with van der Waals surface area (Å²) in [7, 11) is -4.44. The molecular weight excluding hydrogens is 767 g/mol. The molecule has 1 amide bonds. The van der Waals surface area contributed by atoms with Crippen LogP contribution < -0.4 is 5.32 Å². The molecule has 0 aliphatic carbocycles. The molecule has 3 atom stereocenters. The van der Waals surface area contributed by atoms with Gasteiger partial charge in [0.2, 0.25) is 5.91 Å². The highest BCUT2D eigenvalue weighted by Gasteiger charge is 2.27. The van der Waals surface area contributed by atoms with Gasteiger partial charge in [0.1, 0.15) is 6.10 Å². The Morgan fingerprint density at radius 2 is 0.717 bits per heavy atom. The van der Waals surface area contributed by atoms with E-state index in [9.17, 15) is 28.0 Å². The average Bonchev–Trinajstić information content (AvgIpc) is 3.22. The molecular formula is C52H103NO6S. The van der Waals surface area contributed by atoms with Gasteiger partial charge in [-0.3, -0.25) is 9.35 Å². The van der Waals surface area contributed by atoms with Gasteiger partial charge >= 0.3 is 0 Å². The predicted molar refractivity (Wildman–Crippen MR) is 259 cm³/mol. The highest BCUT2D eigenvalue weighted by Crippen LogP contribution is 2.18. The molecule has 0 saturated carbocycles. The van der Waals surface area contributed by atoms with Gasteiger partial charge in [0.05, 0.1) is 17.9 Å². The molecule has 0 bridgehead atoms. The van der Waals surface area contributed by atoms with E-state index < -0.39 is 40.0 Å². The molecule has 0 aromatic rings.